The molecular weight excluding hydrogens is 270 g/mol. The van der Waals surface area contributed by atoms with Crippen LogP contribution in [0.15, 0.2) is 34.9 Å². The minimum Gasteiger partial charge on any atom is -0.445 e. The van der Waals surface area contributed by atoms with Crippen LogP contribution in [0.4, 0.5) is 4.79 Å². The van der Waals surface area contributed by atoms with Crippen molar-refractivity contribution in [3.05, 3.63) is 47.6 Å². The predicted octanol–water partition coefficient (Wildman–Crippen LogP) is 3.00. The molecule has 0 saturated carbocycles. The van der Waals surface area contributed by atoms with Crippen molar-refractivity contribution in [3.8, 4) is 0 Å². The van der Waals surface area contributed by atoms with Gasteiger partial charge in [-0.25, -0.2) is 4.79 Å². The third-order valence-electron chi connectivity index (χ3n) is 2.96. The monoisotopic (exact) mass is 289 g/mol. The van der Waals surface area contributed by atoms with Crippen molar-refractivity contribution in [2.45, 2.75) is 33.4 Å². The summed E-state index contributed by atoms with van der Waals surface area (Å²) >= 11 is 0. The fourth-order valence-electron chi connectivity index (χ4n) is 1.84. The second-order valence-electron chi connectivity index (χ2n) is 5.11. The molecule has 0 aliphatic carbocycles. The van der Waals surface area contributed by atoms with Crippen LogP contribution in [0.2, 0.25) is 0 Å². The van der Waals surface area contributed by atoms with Crippen LogP contribution < -0.4 is 5.32 Å². The number of hydrogen-bond acceptors (Lipinski definition) is 5. The molecule has 0 saturated heterocycles. The number of aromatic nitrogens is 2. The molecule has 21 heavy (non-hydrogen) atoms. The van der Waals surface area contributed by atoms with Gasteiger partial charge in [0.05, 0.1) is 0 Å². The molecule has 1 N–H and O–H groups in total. The molecule has 0 spiro atoms. The van der Waals surface area contributed by atoms with Gasteiger partial charge in [0.25, 0.3) is 0 Å². The zero-order valence-electron chi connectivity index (χ0n) is 12.4. The molecule has 2 aromatic rings. The largest absolute Gasteiger partial charge is 0.445 e. The standard InChI is InChI=1S/C15H19N3O3/c1-10(2)13(14-16-11(3)18-21-14)17-15(19)20-9-12-7-5-4-6-8-12/h4-8,10,13H,9H2,1-3H3,(H,17,19)/t13-/m0/s1. The summed E-state index contributed by atoms with van der Waals surface area (Å²) in [6.07, 6.45) is -0.506. The van der Waals surface area contributed by atoms with Crippen LogP contribution in [0, 0.1) is 12.8 Å². The average molecular weight is 289 g/mol. The Bertz CT molecular complexity index is 581. The summed E-state index contributed by atoms with van der Waals surface area (Å²) in [5.74, 6) is 1.03. The second kappa shape index (κ2) is 6.88. The van der Waals surface area contributed by atoms with Crippen molar-refractivity contribution in [2.75, 3.05) is 0 Å². The van der Waals surface area contributed by atoms with E-state index in [1.54, 1.807) is 6.92 Å². The van der Waals surface area contributed by atoms with E-state index in [0.717, 1.165) is 5.56 Å². The van der Waals surface area contributed by atoms with Crippen LogP contribution in [0.25, 0.3) is 0 Å². The summed E-state index contributed by atoms with van der Waals surface area (Å²) in [7, 11) is 0. The molecule has 0 aliphatic heterocycles. The minimum absolute atomic E-state index is 0.106. The van der Waals surface area contributed by atoms with Gasteiger partial charge in [-0.05, 0) is 18.4 Å². The number of nitrogens with zero attached hydrogens (tertiary/aromatic N) is 2. The van der Waals surface area contributed by atoms with Gasteiger partial charge in [-0.15, -0.1) is 0 Å². The van der Waals surface area contributed by atoms with Crippen LogP contribution in [0.3, 0.4) is 0 Å². The average Bonchev–Trinajstić information content (AvgIpc) is 2.89. The number of carbonyl (C=O) groups excluding carboxylic acids is 1. The Kier molecular flexibility index (Phi) is 4.92. The highest BCUT2D eigenvalue weighted by Crippen LogP contribution is 2.20. The molecule has 6 nitrogen and oxygen atoms in total. The van der Waals surface area contributed by atoms with Crippen molar-refractivity contribution in [1.29, 1.82) is 0 Å². The molecule has 0 radical (unpaired) electrons. The summed E-state index contributed by atoms with van der Waals surface area (Å²) in [6, 6.07) is 9.14. The second-order valence-corrected chi connectivity index (χ2v) is 5.11. The highest BCUT2D eigenvalue weighted by molar-refractivity contribution is 5.67. The number of aryl methyl sites for hydroxylation is 1. The van der Waals surface area contributed by atoms with Gasteiger partial charge in [0.2, 0.25) is 5.89 Å². The Labute approximate surface area is 123 Å². The molecule has 1 aromatic carbocycles. The predicted molar refractivity (Wildman–Crippen MR) is 76.4 cm³/mol. The van der Waals surface area contributed by atoms with Crippen molar-refractivity contribution < 1.29 is 14.1 Å². The van der Waals surface area contributed by atoms with Crippen LogP contribution in [-0.4, -0.2) is 16.2 Å². The number of alkyl carbamates (subject to hydrolysis) is 1. The molecule has 1 atom stereocenters. The summed E-state index contributed by atoms with van der Waals surface area (Å²) < 4.78 is 10.3. The molecule has 112 valence electrons. The van der Waals surface area contributed by atoms with Gasteiger partial charge in [0.1, 0.15) is 12.6 Å². The Hall–Kier alpha value is -2.37. The third-order valence-corrected chi connectivity index (χ3v) is 2.96. The normalized spacial score (nSPS) is 12.2. The van der Waals surface area contributed by atoms with E-state index in [9.17, 15) is 4.79 Å². The Morgan fingerprint density at radius 2 is 2.05 bits per heavy atom. The van der Waals surface area contributed by atoms with E-state index in [2.05, 4.69) is 15.5 Å². The maximum Gasteiger partial charge on any atom is 0.408 e. The van der Waals surface area contributed by atoms with Crippen LogP contribution >= 0.6 is 0 Å². The first-order valence-corrected chi connectivity index (χ1v) is 6.83. The number of amides is 1. The molecule has 1 amide bonds. The maximum atomic E-state index is 11.9. The van der Waals surface area contributed by atoms with Gasteiger partial charge in [0.15, 0.2) is 5.82 Å². The number of carbonyl (C=O) groups is 1. The molecule has 0 bridgehead atoms. The number of ether oxygens (including phenoxy) is 1. The van der Waals surface area contributed by atoms with Gasteiger partial charge >= 0.3 is 6.09 Å². The molecular formula is C15H19N3O3. The van der Waals surface area contributed by atoms with E-state index in [0.29, 0.717) is 11.7 Å². The summed E-state index contributed by atoms with van der Waals surface area (Å²) in [5, 5.41) is 6.50. The number of nitrogens with one attached hydrogen (secondary N) is 1. The fraction of sp³-hybridized carbons (Fsp3) is 0.400. The van der Waals surface area contributed by atoms with Crippen molar-refractivity contribution in [3.63, 3.8) is 0 Å². The zero-order valence-corrected chi connectivity index (χ0v) is 12.4. The Balaban J connectivity index is 1.93. The lowest BCUT2D eigenvalue weighted by Gasteiger charge is -2.18. The van der Waals surface area contributed by atoms with E-state index in [1.165, 1.54) is 0 Å². The SMILES string of the molecule is Cc1noc([C@@H](NC(=O)OCc2ccccc2)C(C)C)n1. The van der Waals surface area contributed by atoms with Crippen molar-refractivity contribution in [2.24, 2.45) is 5.92 Å². The van der Waals surface area contributed by atoms with E-state index in [-0.39, 0.29) is 18.6 Å². The molecule has 1 aromatic heterocycles. The van der Waals surface area contributed by atoms with Gasteiger partial charge in [-0.2, -0.15) is 4.98 Å². The minimum atomic E-state index is -0.506. The lowest BCUT2D eigenvalue weighted by molar-refractivity contribution is 0.129. The topological polar surface area (TPSA) is 77.2 Å². The summed E-state index contributed by atoms with van der Waals surface area (Å²) in [6.45, 7) is 5.88. The highest BCUT2D eigenvalue weighted by atomic mass is 16.5. The van der Waals surface area contributed by atoms with Crippen LogP contribution in [0.5, 0.6) is 0 Å². The van der Waals surface area contributed by atoms with Crippen LogP contribution in [-0.2, 0) is 11.3 Å². The number of rotatable bonds is 5. The molecule has 0 unspecified atom stereocenters. The Morgan fingerprint density at radius 3 is 2.62 bits per heavy atom. The maximum absolute atomic E-state index is 11.9. The van der Waals surface area contributed by atoms with Gasteiger partial charge < -0.3 is 14.6 Å². The van der Waals surface area contributed by atoms with Crippen molar-refractivity contribution >= 4 is 6.09 Å². The first kappa shape index (κ1) is 15.0. The number of benzene rings is 1. The first-order valence-electron chi connectivity index (χ1n) is 6.83. The lowest BCUT2D eigenvalue weighted by atomic mass is 10.1. The third kappa shape index (κ3) is 4.30. The van der Waals surface area contributed by atoms with Crippen molar-refractivity contribution in [1.82, 2.24) is 15.5 Å². The summed E-state index contributed by atoms with van der Waals surface area (Å²) in [4.78, 5) is 16.0. The lowest BCUT2D eigenvalue weighted by Crippen LogP contribution is -2.32. The van der Waals surface area contributed by atoms with E-state index in [1.807, 2.05) is 44.2 Å². The Morgan fingerprint density at radius 1 is 1.33 bits per heavy atom. The molecule has 6 heteroatoms. The molecule has 1 heterocycles. The first-order chi connectivity index (χ1) is 10.1. The zero-order chi connectivity index (χ0) is 15.2. The van der Waals surface area contributed by atoms with E-state index >= 15 is 0 Å². The highest BCUT2D eigenvalue weighted by Gasteiger charge is 2.24. The van der Waals surface area contributed by atoms with Gasteiger partial charge in [0, 0.05) is 0 Å². The van der Waals surface area contributed by atoms with Gasteiger partial charge in [-0.1, -0.05) is 49.3 Å². The molecule has 2 rings (SSSR count). The molecule has 0 aliphatic rings. The van der Waals surface area contributed by atoms with Gasteiger partial charge in [-0.3, -0.25) is 0 Å². The number of hydrogen-bond donors (Lipinski definition) is 1. The summed E-state index contributed by atoms with van der Waals surface area (Å²) in [5.41, 5.74) is 0.933. The molecule has 0 fully saturated rings. The quantitative estimate of drug-likeness (QED) is 0.915. The fourth-order valence-corrected chi connectivity index (χ4v) is 1.84. The smallest absolute Gasteiger partial charge is 0.408 e. The van der Waals surface area contributed by atoms with Crippen LogP contribution in [0.1, 0.15) is 37.2 Å². The van der Waals surface area contributed by atoms with E-state index in [4.69, 9.17) is 9.26 Å². The van der Waals surface area contributed by atoms with E-state index < -0.39 is 6.09 Å².